The predicted molar refractivity (Wildman–Crippen MR) is 82.3 cm³/mol. The number of benzene rings is 1. The van der Waals surface area contributed by atoms with Crippen molar-refractivity contribution in [2.75, 3.05) is 31.1 Å². The van der Waals surface area contributed by atoms with Crippen LogP contribution in [0.25, 0.3) is 0 Å². The summed E-state index contributed by atoms with van der Waals surface area (Å²) < 4.78 is 0.695. The molecule has 2 fully saturated rings. The number of nitro benzene ring substituents is 1. The molecule has 1 saturated carbocycles. The third-order valence-electron chi connectivity index (χ3n) is 3.99. The molecule has 112 valence electrons. The minimum Gasteiger partial charge on any atom is -0.362 e. The van der Waals surface area contributed by atoms with E-state index in [1.807, 2.05) is 15.9 Å². The lowest BCUT2D eigenvalue weighted by Crippen LogP contribution is -2.49. The number of anilines is 1. The molecule has 7 heteroatoms. The van der Waals surface area contributed by atoms with Crippen molar-refractivity contribution < 1.29 is 9.72 Å². The molecule has 0 unspecified atom stereocenters. The van der Waals surface area contributed by atoms with E-state index in [9.17, 15) is 14.9 Å². The topological polar surface area (TPSA) is 66.7 Å². The number of carbonyl (C=O) groups is 1. The molecule has 2 aliphatic rings. The van der Waals surface area contributed by atoms with Crippen molar-refractivity contribution in [2.45, 2.75) is 12.8 Å². The van der Waals surface area contributed by atoms with Crippen LogP contribution in [0.2, 0.25) is 0 Å². The third kappa shape index (κ3) is 3.02. The zero-order valence-electron chi connectivity index (χ0n) is 11.5. The molecule has 0 spiro atoms. The maximum absolute atomic E-state index is 12.0. The Labute approximate surface area is 131 Å². The summed E-state index contributed by atoms with van der Waals surface area (Å²) >= 11 is 3.26. The van der Waals surface area contributed by atoms with Gasteiger partial charge in [0.1, 0.15) is 5.69 Å². The van der Waals surface area contributed by atoms with Crippen LogP contribution in [0.1, 0.15) is 12.8 Å². The molecular weight excluding hydrogens is 338 g/mol. The van der Waals surface area contributed by atoms with Gasteiger partial charge < -0.3 is 9.80 Å². The molecule has 21 heavy (non-hydrogen) atoms. The molecule has 1 aromatic rings. The zero-order valence-corrected chi connectivity index (χ0v) is 13.1. The summed E-state index contributed by atoms with van der Waals surface area (Å²) in [6.07, 6.45) is 2.02. The number of halogens is 1. The van der Waals surface area contributed by atoms with E-state index in [1.165, 1.54) is 6.07 Å². The second kappa shape index (κ2) is 5.63. The number of nitrogens with zero attached hydrogens (tertiary/aromatic N) is 3. The minimum absolute atomic E-state index is 0.103. The highest BCUT2D eigenvalue weighted by Crippen LogP contribution is 2.34. The minimum atomic E-state index is -0.359. The van der Waals surface area contributed by atoms with Crippen molar-refractivity contribution in [3.8, 4) is 0 Å². The fraction of sp³-hybridized carbons (Fsp3) is 0.500. The Kier molecular flexibility index (Phi) is 3.84. The maximum Gasteiger partial charge on any atom is 0.293 e. The van der Waals surface area contributed by atoms with E-state index in [0.717, 1.165) is 12.8 Å². The predicted octanol–water partition coefficient (Wildman–Crippen LogP) is 2.42. The smallest absolute Gasteiger partial charge is 0.293 e. The molecule has 0 N–H and O–H groups in total. The summed E-state index contributed by atoms with van der Waals surface area (Å²) in [5.74, 6) is 0.485. The summed E-state index contributed by atoms with van der Waals surface area (Å²) in [5.41, 5.74) is 0.730. The molecule has 1 saturated heterocycles. The Morgan fingerprint density at radius 3 is 2.48 bits per heavy atom. The van der Waals surface area contributed by atoms with Crippen LogP contribution in [-0.2, 0) is 4.79 Å². The van der Waals surface area contributed by atoms with Crippen molar-refractivity contribution in [2.24, 2.45) is 5.92 Å². The van der Waals surface area contributed by atoms with E-state index in [1.54, 1.807) is 6.07 Å². The SMILES string of the molecule is O=C(C1CC1)N1CCN(c2ccc(Br)cc2[N+](=O)[O-])CC1. The highest BCUT2D eigenvalue weighted by molar-refractivity contribution is 9.10. The standard InChI is InChI=1S/C14H16BrN3O3/c15-11-3-4-12(13(9-11)18(20)21)16-5-7-17(8-6-16)14(19)10-1-2-10/h3-4,9-10H,1-2,5-8H2. The van der Waals surface area contributed by atoms with Gasteiger partial charge in [0.15, 0.2) is 0 Å². The molecule has 1 aliphatic carbocycles. The highest BCUT2D eigenvalue weighted by atomic mass is 79.9. The first-order chi connectivity index (χ1) is 10.1. The number of nitro groups is 1. The van der Waals surface area contributed by atoms with Crippen LogP contribution in [-0.4, -0.2) is 41.9 Å². The summed E-state index contributed by atoms with van der Waals surface area (Å²) in [4.78, 5) is 26.7. The molecule has 1 aromatic carbocycles. The summed E-state index contributed by atoms with van der Waals surface area (Å²) in [6.45, 7) is 2.56. The first-order valence-corrected chi connectivity index (χ1v) is 7.83. The maximum atomic E-state index is 12.0. The number of carbonyl (C=O) groups excluding carboxylic acids is 1. The van der Waals surface area contributed by atoms with Crippen LogP contribution >= 0.6 is 15.9 Å². The Morgan fingerprint density at radius 2 is 1.90 bits per heavy atom. The largest absolute Gasteiger partial charge is 0.362 e. The normalized spacial score (nSPS) is 18.7. The van der Waals surface area contributed by atoms with Crippen molar-refractivity contribution in [3.05, 3.63) is 32.8 Å². The van der Waals surface area contributed by atoms with Crippen molar-refractivity contribution in [1.29, 1.82) is 0 Å². The van der Waals surface area contributed by atoms with Crippen LogP contribution in [0.5, 0.6) is 0 Å². The van der Waals surface area contributed by atoms with Crippen molar-refractivity contribution in [3.63, 3.8) is 0 Å². The van der Waals surface area contributed by atoms with Gasteiger partial charge in [0.25, 0.3) is 5.69 Å². The van der Waals surface area contributed by atoms with E-state index < -0.39 is 0 Å². The van der Waals surface area contributed by atoms with Crippen LogP contribution in [0.15, 0.2) is 22.7 Å². The number of amides is 1. The van der Waals surface area contributed by atoms with Gasteiger partial charge >= 0.3 is 0 Å². The second-order valence-electron chi connectivity index (χ2n) is 5.48. The Bertz CT molecular complexity index is 581. The summed E-state index contributed by atoms with van der Waals surface area (Å²) in [7, 11) is 0. The first kappa shape index (κ1) is 14.3. The van der Waals surface area contributed by atoms with Crippen LogP contribution < -0.4 is 4.90 Å². The molecular formula is C14H16BrN3O3. The molecule has 1 aliphatic heterocycles. The summed E-state index contributed by atoms with van der Waals surface area (Å²) in [5, 5.41) is 11.2. The summed E-state index contributed by atoms with van der Waals surface area (Å²) in [6, 6.07) is 5.10. The quantitative estimate of drug-likeness (QED) is 0.618. The lowest BCUT2D eigenvalue weighted by molar-refractivity contribution is -0.384. The van der Waals surface area contributed by atoms with Crippen LogP contribution in [0.4, 0.5) is 11.4 Å². The molecule has 1 amide bonds. The van der Waals surface area contributed by atoms with E-state index in [0.29, 0.717) is 36.3 Å². The molecule has 0 aromatic heterocycles. The van der Waals surface area contributed by atoms with Gasteiger partial charge in [-0.15, -0.1) is 0 Å². The second-order valence-corrected chi connectivity index (χ2v) is 6.39. The van der Waals surface area contributed by atoms with Gasteiger partial charge in [0, 0.05) is 42.6 Å². The van der Waals surface area contributed by atoms with E-state index >= 15 is 0 Å². The lowest BCUT2D eigenvalue weighted by atomic mass is 10.2. The average molecular weight is 354 g/mol. The highest BCUT2D eigenvalue weighted by Gasteiger charge is 2.35. The van der Waals surface area contributed by atoms with Crippen LogP contribution in [0.3, 0.4) is 0 Å². The van der Waals surface area contributed by atoms with Crippen LogP contribution in [0, 0.1) is 16.0 Å². The first-order valence-electron chi connectivity index (χ1n) is 7.04. The number of rotatable bonds is 3. The van der Waals surface area contributed by atoms with Gasteiger partial charge in [-0.2, -0.15) is 0 Å². The monoisotopic (exact) mass is 353 g/mol. The van der Waals surface area contributed by atoms with E-state index in [-0.39, 0.29) is 22.4 Å². The van der Waals surface area contributed by atoms with Gasteiger partial charge in [-0.3, -0.25) is 14.9 Å². The fourth-order valence-electron chi connectivity index (χ4n) is 2.67. The van der Waals surface area contributed by atoms with Crippen molar-refractivity contribution >= 4 is 33.2 Å². The van der Waals surface area contributed by atoms with Gasteiger partial charge in [-0.05, 0) is 25.0 Å². The fourth-order valence-corrected chi connectivity index (χ4v) is 3.02. The molecule has 3 rings (SSSR count). The average Bonchev–Trinajstić information content (AvgIpc) is 3.31. The molecule has 0 bridgehead atoms. The Balaban J connectivity index is 1.72. The Morgan fingerprint density at radius 1 is 1.24 bits per heavy atom. The Hall–Kier alpha value is -1.63. The van der Waals surface area contributed by atoms with Gasteiger partial charge in [-0.25, -0.2) is 0 Å². The van der Waals surface area contributed by atoms with Crippen molar-refractivity contribution in [1.82, 2.24) is 4.90 Å². The molecule has 0 atom stereocenters. The molecule has 6 nitrogen and oxygen atoms in total. The number of piperazine rings is 1. The van der Waals surface area contributed by atoms with Gasteiger partial charge in [-0.1, -0.05) is 15.9 Å². The van der Waals surface area contributed by atoms with E-state index in [4.69, 9.17) is 0 Å². The van der Waals surface area contributed by atoms with E-state index in [2.05, 4.69) is 15.9 Å². The number of hydrogen-bond acceptors (Lipinski definition) is 4. The third-order valence-corrected chi connectivity index (χ3v) is 4.49. The van der Waals surface area contributed by atoms with Gasteiger partial charge in [0.05, 0.1) is 4.92 Å². The zero-order chi connectivity index (χ0) is 15.0. The molecule has 1 heterocycles. The van der Waals surface area contributed by atoms with Gasteiger partial charge in [0.2, 0.25) is 5.91 Å². The lowest BCUT2D eigenvalue weighted by Gasteiger charge is -2.36. The number of hydrogen-bond donors (Lipinski definition) is 0. The molecule has 0 radical (unpaired) electrons.